The molecule has 0 atom stereocenters. The van der Waals surface area contributed by atoms with Gasteiger partial charge in [0.15, 0.2) is 0 Å². The van der Waals surface area contributed by atoms with Gasteiger partial charge in [-0.25, -0.2) is 4.99 Å². The van der Waals surface area contributed by atoms with Crippen LogP contribution in [0.2, 0.25) is 0 Å². The van der Waals surface area contributed by atoms with Gasteiger partial charge in [-0.05, 0) is 18.6 Å². The molecule has 2 aromatic carbocycles. The zero-order valence-corrected chi connectivity index (χ0v) is 16.2. The smallest absolute Gasteiger partial charge is 0.264 e. The molecular weight excluding hydrogens is 368 g/mol. The molecule has 0 aliphatic carbocycles. The number of aliphatic imine (C=N–C) groups is 1. The second-order valence-corrected chi connectivity index (χ2v) is 6.36. The average Bonchev–Trinajstić information content (AvgIpc) is 3.07. The van der Waals surface area contributed by atoms with Crippen molar-refractivity contribution in [2.75, 3.05) is 20.3 Å². The summed E-state index contributed by atoms with van der Waals surface area (Å²) in [6, 6.07) is 16.3. The number of amides is 2. The molecule has 0 spiro atoms. The van der Waals surface area contributed by atoms with E-state index in [1.165, 1.54) is 7.11 Å². The van der Waals surface area contributed by atoms with E-state index in [4.69, 9.17) is 4.74 Å². The Morgan fingerprint density at radius 3 is 2.48 bits per heavy atom. The Balaban J connectivity index is 1.96. The number of carbonyl (C=O) groups is 2. The van der Waals surface area contributed by atoms with Gasteiger partial charge >= 0.3 is 0 Å². The van der Waals surface area contributed by atoms with Crippen molar-refractivity contribution < 1.29 is 14.3 Å². The maximum atomic E-state index is 12.7. The van der Waals surface area contributed by atoms with Crippen LogP contribution in [0, 0.1) is 18.3 Å². The molecule has 1 aliphatic heterocycles. The molecule has 29 heavy (non-hydrogen) atoms. The number of carbonyl (C=O) groups excluding carboxylic acids is 2. The Kier molecular flexibility index (Phi) is 6.17. The summed E-state index contributed by atoms with van der Waals surface area (Å²) >= 11 is 0. The Bertz CT molecular complexity index is 1060. The predicted octanol–water partition coefficient (Wildman–Crippen LogP) is 2.18. The lowest BCUT2D eigenvalue weighted by molar-refractivity contribution is -0.117. The van der Waals surface area contributed by atoms with E-state index in [2.05, 4.69) is 15.6 Å². The first-order valence-electron chi connectivity index (χ1n) is 9.03. The number of nitriles is 1. The summed E-state index contributed by atoms with van der Waals surface area (Å²) in [6.07, 6.45) is 0. The van der Waals surface area contributed by atoms with Crippen LogP contribution in [-0.4, -0.2) is 37.9 Å². The van der Waals surface area contributed by atoms with Crippen LogP contribution in [0.15, 0.2) is 59.1 Å². The highest BCUT2D eigenvalue weighted by Gasteiger charge is 2.27. The fourth-order valence-corrected chi connectivity index (χ4v) is 2.98. The first kappa shape index (κ1) is 20.0. The highest BCUT2D eigenvalue weighted by atomic mass is 16.5. The number of benzene rings is 2. The molecule has 0 bridgehead atoms. The lowest BCUT2D eigenvalue weighted by Crippen LogP contribution is -2.30. The van der Waals surface area contributed by atoms with Crippen molar-refractivity contribution in [1.29, 1.82) is 5.26 Å². The molecule has 146 valence electrons. The number of hydrogen-bond donors (Lipinski definition) is 2. The molecule has 0 aromatic heterocycles. The number of amidine groups is 1. The summed E-state index contributed by atoms with van der Waals surface area (Å²) in [4.78, 5) is 29.6. The summed E-state index contributed by atoms with van der Waals surface area (Å²) in [6.45, 7) is 2.45. The monoisotopic (exact) mass is 388 g/mol. The third kappa shape index (κ3) is 4.23. The van der Waals surface area contributed by atoms with Gasteiger partial charge in [0.2, 0.25) is 0 Å². The third-order valence-corrected chi connectivity index (χ3v) is 4.45. The highest BCUT2D eigenvalue weighted by molar-refractivity contribution is 6.20. The molecule has 0 saturated heterocycles. The lowest BCUT2D eigenvalue weighted by atomic mass is 10.0. The van der Waals surface area contributed by atoms with Crippen LogP contribution in [-0.2, 0) is 9.53 Å². The summed E-state index contributed by atoms with van der Waals surface area (Å²) in [5.41, 5.74) is 2.76. The maximum absolute atomic E-state index is 12.7. The van der Waals surface area contributed by atoms with E-state index < -0.39 is 5.91 Å². The molecule has 0 fully saturated rings. The summed E-state index contributed by atoms with van der Waals surface area (Å²) < 4.78 is 4.91. The van der Waals surface area contributed by atoms with Crippen molar-refractivity contribution in [2.24, 2.45) is 4.99 Å². The topological polar surface area (TPSA) is 104 Å². The number of hydrogen-bond acceptors (Lipinski definition) is 5. The van der Waals surface area contributed by atoms with Crippen molar-refractivity contribution in [2.45, 2.75) is 6.92 Å². The molecule has 0 radical (unpaired) electrons. The number of methoxy groups -OCH3 is 1. The molecule has 1 heterocycles. The Morgan fingerprint density at radius 1 is 1.10 bits per heavy atom. The lowest BCUT2D eigenvalue weighted by Gasteiger charge is -2.08. The van der Waals surface area contributed by atoms with E-state index in [0.29, 0.717) is 29.1 Å². The minimum Gasteiger partial charge on any atom is -0.383 e. The van der Waals surface area contributed by atoms with Crippen molar-refractivity contribution in [3.8, 4) is 6.07 Å². The van der Waals surface area contributed by atoms with Gasteiger partial charge in [0.25, 0.3) is 11.8 Å². The van der Waals surface area contributed by atoms with E-state index in [0.717, 1.165) is 5.56 Å². The third-order valence-electron chi connectivity index (χ3n) is 4.45. The number of rotatable bonds is 5. The molecule has 2 aromatic rings. The zero-order valence-electron chi connectivity index (χ0n) is 16.2. The fraction of sp³-hybridized carbons (Fsp3) is 0.182. The van der Waals surface area contributed by atoms with Crippen LogP contribution in [0.5, 0.6) is 0 Å². The second kappa shape index (κ2) is 8.95. The van der Waals surface area contributed by atoms with E-state index >= 15 is 0 Å². The van der Waals surface area contributed by atoms with Crippen molar-refractivity contribution in [1.82, 2.24) is 10.6 Å². The molecule has 0 saturated carbocycles. The molecule has 2 N–H and O–H groups in total. The van der Waals surface area contributed by atoms with Crippen LogP contribution < -0.4 is 10.6 Å². The highest BCUT2D eigenvalue weighted by Crippen LogP contribution is 2.30. The van der Waals surface area contributed by atoms with Gasteiger partial charge in [0, 0.05) is 30.3 Å². The van der Waals surface area contributed by atoms with Gasteiger partial charge in [0.05, 0.1) is 12.3 Å². The molecule has 0 unspecified atom stereocenters. The summed E-state index contributed by atoms with van der Waals surface area (Å²) in [7, 11) is 1.52. The second-order valence-electron chi connectivity index (χ2n) is 6.36. The van der Waals surface area contributed by atoms with E-state index in [9.17, 15) is 14.9 Å². The van der Waals surface area contributed by atoms with Gasteiger partial charge in [-0.3, -0.25) is 9.59 Å². The molecular formula is C22H20N4O3. The molecule has 3 rings (SSSR count). The van der Waals surface area contributed by atoms with Gasteiger partial charge < -0.3 is 15.4 Å². The Hall–Kier alpha value is -3.76. The van der Waals surface area contributed by atoms with Crippen LogP contribution >= 0.6 is 0 Å². The quantitative estimate of drug-likeness (QED) is 0.465. The molecule has 7 heteroatoms. The van der Waals surface area contributed by atoms with Gasteiger partial charge in [0.1, 0.15) is 17.5 Å². The average molecular weight is 388 g/mol. The van der Waals surface area contributed by atoms with Gasteiger partial charge in [-0.2, -0.15) is 5.26 Å². The predicted molar refractivity (Wildman–Crippen MR) is 109 cm³/mol. The Morgan fingerprint density at radius 2 is 1.79 bits per heavy atom. The standard InChI is InChI=1S/C22H20N4O3/c1-14-7-3-4-8-15(14)22(28)26-20-17-10-6-5-9-16(17)19(25-20)18(13-23)21(27)24-11-12-29-2/h3-10H,11-12H2,1-2H3,(H,24,27)(H,25,26,28)/b19-18-. The van der Waals surface area contributed by atoms with Crippen molar-refractivity contribution >= 4 is 23.3 Å². The largest absolute Gasteiger partial charge is 0.383 e. The minimum absolute atomic E-state index is 0.117. The summed E-state index contributed by atoms with van der Waals surface area (Å²) in [5.74, 6) is -0.535. The van der Waals surface area contributed by atoms with E-state index in [1.807, 2.05) is 31.2 Å². The molecule has 2 amide bonds. The zero-order chi connectivity index (χ0) is 20.8. The number of fused-ring (bicyclic) bond motifs is 1. The summed E-state index contributed by atoms with van der Waals surface area (Å²) in [5, 5.41) is 15.0. The van der Waals surface area contributed by atoms with Crippen LogP contribution in [0.1, 0.15) is 27.0 Å². The van der Waals surface area contributed by atoms with Gasteiger partial charge in [-0.15, -0.1) is 0 Å². The molecule has 1 aliphatic rings. The van der Waals surface area contributed by atoms with Crippen LogP contribution in [0.4, 0.5) is 0 Å². The first-order valence-corrected chi connectivity index (χ1v) is 9.03. The SMILES string of the molecule is COCCNC(=O)/C(C#N)=C1\N=C(NC(=O)c2ccccc2C)c2ccccc21. The number of ether oxygens (including phenoxy) is 1. The number of nitrogens with one attached hydrogen (secondary N) is 2. The van der Waals surface area contributed by atoms with E-state index in [1.54, 1.807) is 30.3 Å². The van der Waals surface area contributed by atoms with E-state index in [-0.39, 0.29) is 23.7 Å². The first-order chi connectivity index (χ1) is 14.1. The Labute approximate surface area is 168 Å². The maximum Gasteiger partial charge on any atom is 0.264 e. The number of nitrogens with zero attached hydrogens (tertiary/aromatic N) is 2. The molecule has 7 nitrogen and oxygen atoms in total. The van der Waals surface area contributed by atoms with Gasteiger partial charge in [-0.1, -0.05) is 42.5 Å². The normalized spacial score (nSPS) is 13.8. The van der Waals surface area contributed by atoms with Crippen molar-refractivity contribution in [3.63, 3.8) is 0 Å². The minimum atomic E-state index is -0.537. The van der Waals surface area contributed by atoms with Crippen LogP contribution in [0.3, 0.4) is 0 Å². The van der Waals surface area contributed by atoms with Crippen molar-refractivity contribution in [3.05, 3.63) is 76.4 Å². The fourth-order valence-electron chi connectivity index (χ4n) is 2.98. The van der Waals surface area contributed by atoms with Crippen LogP contribution in [0.25, 0.3) is 5.70 Å². The number of aryl methyl sites for hydroxylation is 1.